The molecule has 2 N–H and O–H groups in total. The third kappa shape index (κ3) is 4.23. The minimum atomic E-state index is -1.30. The van der Waals surface area contributed by atoms with Crippen LogP contribution in [0.2, 0.25) is 0 Å². The molecule has 1 aliphatic heterocycles. The summed E-state index contributed by atoms with van der Waals surface area (Å²) in [5, 5.41) is 18.5. The molecule has 5 nitrogen and oxygen atoms in total. The topological polar surface area (TPSA) is 76.0 Å². The number of carbonyl (C=O) groups is 1. The first kappa shape index (κ1) is 15.4. The van der Waals surface area contributed by atoms with E-state index < -0.39 is 18.5 Å². The van der Waals surface area contributed by atoms with Crippen LogP contribution in [0.25, 0.3) is 0 Å². The first-order valence-electron chi connectivity index (χ1n) is 6.79. The van der Waals surface area contributed by atoms with Gasteiger partial charge >= 0.3 is 5.97 Å². The predicted octanol–water partition coefficient (Wildman–Crippen LogP) is 1.36. The average molecular weight is 260 g/mol. The summed E-state index contributed by atoms with van der Waals surface area (Å²) in [6.45, 7) is 2.12. The third-order valence-corrected chi connectivity index (χ3v) is 3.25. The molecule has 0 radical (unpaired) electrons. The van der Waals surface area contributed by atoms with Gasteiger partial charge in [-0.2, -0.15) is 0 Å². The van der Waals surface area contributed by atoms with Gasteiger partial charge in [-0.15, -0.1) is 0 Å². The Morgan fingerprint density at radius 1 is 1.39 bits per heavy atom. The highest BCUT2D eigenvalue weighted by molar-refractivity contribution is 5.69. The molecule has 0 aromatic heterocycles. The first-order valence-corrected chi connectivity index (χ1v) is 6.79. The first-order chi connectivity index (χ1) is 8.64. The van der Waals surface area contributed by atoms with Crippen molar-refractivity contribution in [3.63, 3.8) is 0 Å². The highest BCUT2D eigenvalue weighted by Crippen LogP contribution is 2.32. The summed E-state index contributed by atoms with van der Waals surface area (Å²) < 4.78 is 10.3. The molecule has 0 aromatic carbocycles. The number of hydrogen-bond acceptors (Lipinski definition) is 5. The van der Waals surface area contributed by atoms with Crippen molar-refractivity contribution < 1.29 is 24.5 Å². The van der Waals surface area contributed by atoms with Crippen molar-refractivity contribution in [1.29, 1.82) is 0 Å². The largest absolute Gasteiger partial charge is 0.430 e. The van der Waals surface area contributed by atoms with E-state index in [1.54, 1.807) is 0 Å². The summed E-state index contributed by atoms with van der Waals surface area (Å²) in [4.78, 5) is 11.6. The summed E-state index contributed by atoms with van der Waals surface area (Å²) >= 11 is 0. The Morgan fingerprint density at radius 3 is 2.56 bits per heavy atom. The molecule has 2 atom stereocenters. The molecule has 1 saturated heterocycles. The van der Waals surface area contributed by atoms with Gasteiger partial charge in [-0.3, -0.25) is 4.79 Å². The van der Waals surface area contributed by atoms with E-state index in [-0.39, 0.29) is 5.97 Å². The van der Waals surface area contributed by atoms with E-state index in [0.717, 1.165) is 19.3 Å². The van der Waals surface area contributed by atoms with Gasteiger partial charge in [0.2, 0.25) is 5.79 Å². The van der Waals surface area contributed by atoms with E-state index in [0.29, 0.717) is 19.4 Å². The molecule has 0 amide bonds. The molecule has 1 fully saturated rings. The van der Waals surface area contributed by atoms with Crippen LogP contribution in [0.4, 0.5) is 0 Å². The molecule has 0 saturated carbocycles. The van der Waals surface area contributed by atoms with E-state index in [2.05, 4.69) is 6.92 Å². The molecule has 0 aromatic rings. The molecule has 1 aliphatic rings. The molecule has 1 heterocycles. The lowest BCUT2D eigenvalue weighted by Crippen LogP contribution is -2.57. The van der Waals surface area contributed by atoms with Gasteiger partial charge in [0.1, 0.15) is 6.10 Å². The Morgan fingerprint density at radius 2 is 2.06 bits per heavy atom. The highest BCUT2D eigenvalue weighted by Gasteiger charge is 2.48. The number of ether oxygens (including phenoxy) is 2. The molecule has 0 bridgehead atoms. The number of hydrogen-bond donors (Lipinski definition) is 2. The van der Waals surface area contributed by atoms with E-state index in [1.165, 1.54) is 12.8 Å². The lowest BCUT2D eigenvalue weighted by atomic mass is 10.0. The second-order valence-electron chi connectivity index (χ2n) is 4.75. The molecule has 5 heteroatoms. The molecule has 0 spiro atoms. The minimum absolute atomic E-state index is 0.340. The van der Waals surface area contributed by atoms with Gasteiger partial charge in [0.25, 0.3) is 0 Å². The van der Waals surface area contributed by atoms with Crippen molar-refractivity contribution in [2.24, 2.45) is 0 Å². The number of esters is 1. The van der Waals surface area contributed by atoms with Crippen LogP contribution >= 0.6 is 0 Å². The Balaban J connectivity index is 2.22. The number of carbonyl (C=O) groups excluding carboxylic acids is 1. The second kappa shape index (κ2) is 7.71. The van der Waals surface area contributed by atoms with Crippen LogP contribution in [0.5, 0.6) is 0 Å². The van der Waals surface area contributed by atoms with Crippen LogP contribution in [-0.2, 0) is 14.3 Å². The molecule has 18 heavy (non-hydrogen) atoms. The van der Waals surface area contributed by atoms with Gasteiger partial charge in [0.15, 0.2) is 0 Å². The van der Waals surface area contributed by atoms with Gasteiger partial charge in [0.05, 0.1) is 13.2 Å². The van der Waals surface area contributed by atoms with Crippen LogP contribution in [0.3, 0.4) is 0 Å². The lowest BCUT2D eigenvalue weighted by molar-refractivity contribution is -0.333. The average Bonchev–Trinajstić information content (AvgIpc) is 2.32. The van der Waals surface area contributed by atoms with Crippen LogP contribution in [0, 0.1) is 0 Å². The summed E-state index contributed by atoms with van der Waals surface area (Å²) in [5.74, 6) is -1.66. The molecule has 2 unspecified atom stereocenters. The quantitative estimate of drug-likeness (QED) is 0.483. The van der Waals surface area contributed by atoms with Crippen molar-refractivity contribution >= 4 is 5.97 Å². The number of aliphatic hydroxyl groups excluding tert-OH is 2. The Labute approximate surface area is 108 Å². The minimum Gasteiger partial charge on any atom is -0.430 e. The fourth-order valence-corrected chi connectivity index (χ4v) is 1.97. The zero-order valence-corrected chi connectivity index (χ0v) is 11.1. The van der Waals surface area contributed by atoms with Crippen LogP contribution in [0.15, 0.2) is 0 Å². The fraction of sp³-hybridized carbons (Fsp3) is 0.923. The van der Waals surface area contributed by atoms with Crippen molar-refractivity contribution in [2.75, 3.05) is 13.2 Å². The molecular weight excluding hydrogens is 236 g/mol. The van der Waals surface area contributed by atoms with Crippen molar-refractivity contribution in [2.45, 2.75) is 63.8 Å². The Bertz CT molecular complexity index is 250. The predicted molar refractivity (Wildman–Crippen MR) is 65.9 cm³/mol. The Kier molecular flexibility index (Phi) is 6.60. The second-order valence-corrected chi connectivity index (χ2v) is 4.75. The van der Waals surface area contributed by atoms with Crippen LogP contribution in [0.1, 0.15) is 51.9 Å². The van der Waals surface area contributed by atoms with Gasteiger partial charge < -0.3 is 19.7 Å². The van der Waals surface area contributed by atoms with Crippen molar-refractivity contribution in [1.82, 2.24) is 0 Å². The number of rotatable bonds is 9. The number of unbranched alkanes of at least 4 members (excludes halogenated alkanes) is 4. The summed E-state index contributed by atoms with van der Waals surface area (Å²) in [7, 11) is 0. The monoisotopic (exact) mass is 260 g/mol. The Hall–Kier alpha value is -0.650. The maximum Gasteiger partial charge on any atom is 0.308 e. The molecule has 106 valence electrons. The van der Waals surface area contributed by atoms with Gasteiger partial charge in [0, 0.05) is 12.8 Å². The SMILES string of the molecule is CCCCCCCC(=O)OC1(C(O)CO)CCO1. The normalized spacial score (nSPS) is 24.4. The van der Waals surface area contributed by atoms with Crippen LogP contribution in [-0.4, -0.2) is 41.3 Å². The van der Waals surface area contributed by atoms with E-state index >= 15 is 0 Å². The van der Waals surface area contributed by atoms with E-state index in [4.69, 9.17) is 14.6 Å². The van der Waals surface area contributed by atoms with Gasteiger partial charge in [-0.1, -0.05) is 32.6 Å². The smallest absolute Gasteiger partial charge is 0.308 e. The maximum atomic E-state index is 11.6. The molecule has 1 rings (SSSR count). The van der Waals surface area contributed by atoms with E-state index in [1.807, 2.05) is 0 Å². The number of aliphatic hydroxyl groups is 2. The summed E-state index contributed by atoms with van der Waals surface area (Å²) in [6, 6.07) is 0. The van der Waals surface area contributed by atoms with Gasteiger partial charge in [-0.25, -0.2) is 0 Å². The van der Waals surface area contributed by atoms with Crippen molar-refractivity contribution in [3.05, 3.63) is 0 Å². The van der Waals surface area contributed by atoms with Crippen LogP contribution < -0.4 is 0 Å². The van der Waals surface area contributed by atoms with Gasteiger partial charge in [-0.05, 0) is 6.42 Å². The highest BCUT2D eigenvalue weighted by atomic mass is 16.7. The zero-order chi connectivity index (χ0) is 13.4. The lowest BCUT2D eigenvalue weighted by Gasteiger charge is -2.43. The zero-order valence-electron chi connectivity index (χ0n) is 11.1. The van der Waals surface area contributed by atoms with E-state index in [9.17, 15) is 9.90 Å². The summed E-state index contributed by atoms with van der Waals surface area (Å²) in [6.07, 6.45) is 4.92. The molecular formula is C13H24O5. The fourth-order valence-electron chi connectivity index (χ4n) is 1.97. The van der Waals surface area contributed by atoms with Crippen molar-refractivity contribution in [3.8, 4) is 0 Å². The third-order valence-electron chi connectivity index (χ3n) is 3.25. The maximum absolute atomic E-state index is 11.6. The molecule has 0 aliphatic carbocycles. The standard InChI is InChI=1S/C13H24O5/c1-2-3-4-5-6-7-12(16)18-13(8-9-17-13)11(15)10-14/h11,14-15H,2-10H2,1H3. The summed E-state index contributed by atoms with van der Waals surface area (Å²) in [5.41, 5.74) is 0.